The summed E-state index contributed by atoms with van der Waals surface area (Å²) in [6.07, 6.45) is 3.76. The Bertz CT molecular complexity index is 771. The highest BCUT2D eigenvalue weighted by molar-refractivity contribution is 7.14. The number of nitrogens with zero attached hydrogens (tertiary/aromatic N) is 2. The fourth-order valence-corrected chi connectivity index (χ4v) is 3.44. The Morgan fingerprint density at radius 2 is 2.04 bits per heavy atom. The number of aromatic nitrogens is 1. The first-order valence-electron chi connectivity index (χ1n) is 8.08. The van der Waals surface area contributed by atoms with Gasteiger partial charge in [-0.1, -0.05) is 24.1 Å². The highest BCUT2D eigenvalue weighted by Gasteiger charge is 2.28. The summed E-state index contributed by atoms with van der Waals surface area (Å²) >= 11 is 1.32. The lowest BCUT2D eigenvalue weighted by molar-refractivity contribution is 0.0438. The molecule has 2 heterocycles. The van der Waals surface area contributed by atoms with Crippen molar-refractivity contribution in [3.8, 4) is 11.8 Å². The average Bonchev–Trinajstić information content (AvgIpc) is 2.97. The second-order valence-corrected chi connectivity index (χ2v) is 7.32. The van der Waals surface area contributed by atoms with Gasteiger partial charge in [0.25, 0.3) is 5.91 Å². The Balaban J connectivity index is 1.69. The average molecular weight is 340 g/mol. The molecule has 4 nitrogen and oxygen atoms in total. The van der Waals surface area contributed by atoms with Crippen molar-refractivity contribution in [2.75, 3.05) is 13.1 Å². The molecule has 1 N–H and O–H groups in total. The maximum atomic E-state index is 12.6. The monoisotopic (exact) mass is 340 g/mol. The molecule has 1 saturated heterocycles. The summed E-state index contributed by atoms with van der Waals surface area (Å²) in [5, 5.41) is 10.8. The van der Waals surface area contributed by atoms with Crippen LogP contribution < -0.4 is 0 Å². The van der Waals surface area contributed by atoms with Crippen LogP contribution in [0.2, 0.25) is 0 Å². The van der Waals surface area contributed by atoms with Gasteiger partial charge in [-0.15, -0.1) is 11.3 Å². The topological polar surface area (TPSA) is 53.4 Å². The summed E-state index contributed by atoms with van der Waals surface area (Å²) in [7, 11) is 0. The maximum absolute atomic E-state index is 12.6. The summed E-state index contributed by atoms with van der Waals surface area (Å²) in [6.45, 7) is 3.09. The van der Waals surface area contributed by atoms with Crippen molar-refractivity contribution in [2.45, 2.75) is 31.8 Å². The van der Waals surface area contributed by atoms with Gasteiger partial charge in [-0.05, 0) is 44.2 Å². The van der Waals surface area contributed by atoms with E-state index in [9.17, 15) is 9.90 Å². The number of amides is 1. The van der Waals surface area contributed by atoms with Gasteiger partial charge >= 0.3 is 0 Å². The van der Waals surface area contributed by atoms with Crippen LogP contribution in [0.25, 0.3) is 0 Å². The lowest BCUT2D eigenvalue weighted by Crippen LogP contribution is -2.33. The van der Waals surface area contributed by atoms with Gasteiger partial charge in [0.1, 0.15) is 4.88 Å². The van der Waals surface area contributed by atoms with Crippen molar-refractivity contribution in [1.82, 2.24) is 9.88 Å². The van der Waals surface area contributed by atoms with Gasteiger partial charge in [0, 0.05) is 18.7 Å². The number of hydrogen-bond acceptors (Lipinski definition) is 4. The molecule has 0 spiro atoms. The van der Waals surface area contributed by atoms with Crippen LogP contribution in [0.5, 0.6) is 0 Å². The zero-order valence-electron chi connectivity index (χ0n) is 13.7. The van der Waals surface area contributed by atoms with Crippen molar-refractivity contribution in [2.24, 2.45) is 0 Å². The second kappa shape index (κ2) is 7.16. The van der Waals surface area contributed by atoms with Gasteiger partial charge in [-0.3, -0.25) is 4.79 Å². The van der Waals surface area contributed by atoms with Crippen LogP contribution in [-0.2, 0) is 0 Å². The van der Waals surface area contributed by atoms with Gasteiger partial charge in [0.15, 0.2) is 5.01 Å². The van der Waals surface area contributed by atoms with Crippen LogP contribution in [-0.4, -0.2) is 39.6 Å². The minimum absolute atomic E-state index is 0.0158. The first kappa shape index (κ1) is 16.7. The van der Waals surface area contributed by atoms with Crippen LogP contribution >= 0.6 is 11.3 Å². The number of benzene rings is 1. The molecule has 5 heteroatoms. The van der Waals surface area contributed by atoms with E-state index in [1.54, 1.807) is 6.20 Å². The van der Waals surface area contributed by atoms with E-state index >= 15 is 0 Å². The molecule has 1 aliphatic rings. The number of carbonyl (C=O) groups excluding carboxylic acids is 1. The highest BCUT2D eigenvalue weighted by Crippen LogP contribution is 2.23. The summed E-state index contributed by atoms with van der Waals surface area (Å²) in [5.41, 5.74) is 0.255. The summed E-state index contributed by atoms with van der Waals surface area (Å²) in [6, 6.07) is 9.71. The Hall–Kier alpha value is -2.16. The van der Waals surface area contributed by atoms with Crippen LogP contribution in [0.1, 0.15) is 46.4 Å². The molecule has 124 valence electrons. The molecular weight excluding hydrogens is 320 g/mol. The van der Waals surface area contributed by atoms with Crippen LogP contribution in [0.3, 0.4) is 0 Å². The predicted octanol–water partition coefficient (Wildman–Crippen LogP) is 2.92. The summed E-state index contributed by atoms with van der Waals surface area (Å²) < 4.78 is 0. The van der Waals surface area contributed by atoms with Crippen molar-refractivity contribution in [1.29, 1.82) is 0 Å². The maximum Gasteiger partial charge on any atom is 0.265 e. The molecule has 3 rings (SSSR count). The Labute approximate surface area is 146 Å². The van der Waals surface area contributed by atoms with Gasteiger partial charge < -0.3 is 10.0 Å². The molecule has 1 aliphatic heterocycles. The van der Waals surface area contributed by atoms with E-state index in [0.717, 1.165) is 18.4 Å². The molecular formula is C19H20N2O2S. The van der Waals surface area contributed by atoms with Crippen molar-refractivity contribution in [3.05, 3.63) is 52.0 Å². The lowest BCUT2D eigenvalue weighted by Gasteiger charge is -2.22. The van der Waals surface area contributed by atoms with Crippen molar-refractivity contribution < 1.29 is 9.90 Å². The Morgan fingerprint density at radius 1 is 1.25 bits per heavy atom. The molecule has 1 fully saturated rings. The molecule has 1 atom stereocenters. The van der Waals surface area contributed by atoms with E-state index in [-0.39, 0.29) is 5.91 Å². The standard InChI is InChI=1S/C19H20N2O2S/c1-19(23)10-5-12-21(13-11-19)18(22)16-14-20-17(24-16)9-8-15-6-3-2-4-7-15/h2-4,6-7,14,23H,5,10-13H2,1H3. The van der Waals surface area contributed by atoms with Gasteiger partial charge in [-0.25, -0.2) is 4.98 Å². The molecule has 1 aromatic carbocycles. The van der Waals surface area contributed by atoms with Gasteiger partial charge in [-0.2, -0.15) is 0 Å². The van der Waals surface area contributed by atoms with Crippen LogP contribution in [0.15, 0.2) is 36.5 Å². The molecule has 0 bridgehead atoms. The number of carbonyl (C=O) groups is 1. The molecule has 2 aromatic rings. The fourth-order valence-electron chi connectivity index (χ4n) is 2.70. The van der Waals surface area contributed by atoms with E-state index in [1.807, 2.05) is 42.2 Å². The predicted molar refractivity (Wildman–Crippen MR) is 94.9 cm³/mol. The first-order valence-corrected chi connectivity index (χ1v) is 8.90. The Kier molecular flexibility index (Phi) is 4.98. The van der Waals surface area contributed by atoms with Gasteiger partial charge in [0.05, 0.1) is 11.8 Å². The minimum atomic E-state index is -0.672. The van der Waals surface area contributed by atoms with Crippen LogP contribution in [0, 0.1) is 11.8 Å². The molecule has 1 amide bonds. The molecule has 1 unspecified atom stereocenters. The van der Waals surface area contributed by atoms with Crippen molar-refractivity contribution >= 4 is 17.2 Å². The lowest BCUT2D eigenvalue weighted by atomic mass is 9.98. The minimum Gasteiger partial charge on any atom is -0.390 e. The van der Waals surface area contributed by atoms with E-state index in [2.05, 4.69) is 16.8 Å². The zero-order chi connectivity index (χ0) is 17.0. The summed E-state index contributed by atoms with van der Waals surface area (Å²) in [4.78, 5) is 19.3. The van der Waals surface area contributed by atoms with E-state index < -0.39 is 5.60 Å². The number of likely N-dealkylation sites (tertiary alicyclic amines) is 1. The summed E-state index contributed by atoms with van der Waals surface area (Å²) in [5.74, 6) is 6.05. The van der Waals surface area contributed by atoms with Crippen LogP contribution in [0.4, 0.5) is 0 Å². The zero-order valence-corrected chi connectivity index (χ0v) is 14.5. The molecule has 1 aromatic heterocycles. The fraction of sp³-hybridized carbons (Fsp3) is 0.368. The van der Waals surface area contributed by atoms with Gasteiger partial charge in [0.2, 0.25) is 0 Å². The SMILES string of the molecule is CC1(O)CCCN(C(=O)c2cnc(C#Cc3ccccc3)s2)CC1. The first-order chi connectivity index (χ1) is 11.5. The highest BCUT2D eigenvalue weighted by atomic mass is 32.1. The normalized spacial score (nSPS) is 20.8. The largest absolute Gasteiger partial charge is 0.390 e. The molecule has 0 aliphatic carbocycles. The third-order valence-corrected chi connectivity index (χ3v) is 5.06. The quantitative estimate of drug-likeness (QED) is 0.812. The van der Waals surface area contributed by atoms with E-state index in [0.29, 0.717) is 29.4 Å². The van der Waals surface area contributed by atoms with E-state index in [4.69, 9.17) is 0 Å². The number of thiazole rings is 1. The third kappa shape index (κ3) is 4.22. The smallest absolute Gasteiger partial charge is 0.265 e. The Morgan fingerprint density at radius 3 is 2.83 bits per heavy atom. The van der Waals surface area contributed by atoms with E-state index in [1.165, 1.54) is 11.3 Å². The number of hydrogen-bond donors (Lipinski definition) is 1. The third-order valence-electron chi connectivity index (χ3n) is 4.15. The number of aliphatic hydroxyl groups is 1. The molecule has 24 heavy (non-hydrogen) atoms. The number of rotatable bonds is 1. The molecule has 0 saturated carbocycles. The molecule has 0 radical (unpaired) electrons. The second-order valence-electron chi connectivity index (χ2n) is 6.29. The van der Waals surface area contributed by atoms with Crippen molar-refractivity contribution in [3.63, 3.8) is 0 Å².